The molecule has 2 aromatic rings. The molecule has 0 spiro atoms. The second-order valence-electron chi connectivity index (χ2n) is 6.56. The van der Waals surface area contributed by atoms with Gasteiger partial charge in [0.25, 0.3) is 5.91 Å². The predicted molar refractivity (Wildman–Crippen MR) is 116 cm³/mol. The molecule has 0 saturated carbocycles. The number of hydrogen-bond acceptors (Lipinski definition) is 6. The number of carbonyl (C=O) groups excluding carboxylic acids is 1. The van der Waals surface area contributed by atoms with E-state index in [1.807, 2.05) is 48.5 Å². The molecule has 4 rings (SSSR count). The van der Waals surface area contributed by atoms with E-state index in [0.717, 1.165) is 28.3 Å². The van der Waals surface area contributed by atoms with E-state index in [1.54, 1.807) is 11.1 Å². The molecule has 2 aliphatic rings. The van der Waals surface area contributed by atoms with Gasteiger partial charge in [0.1, 0.15) is 11.4 Å². The summed E-state index contributed by atoms with van der Waals surface area (Å²) in [6.07, 6.45) is 2.20. The second kappa shape index (κ2) is 8.53. The molecule has 1 unspecified atom stereocenters. The Bertz CT molecular complexity index is 1100. The molecule has 29 heavy (non-hydrogen) atoms. The molecular weight excluding hydrogens is 384 g/mol. The van der Waals surface area contributed by atoms with Crippen molar-refractivity contribution in [1.82, 2.24) is 10.3 Å². The van der Waals surface area contributed by atoms with Gasteiger partial charge in [0.2, 0.25) is 0 Å². The van der Waals surface area contributed by atoms with Crippen molar-refractivity contribution in [2.75, 3.05) is 12.4 Å². The van der Waals surface area contributed by atoms with Crippen LogP contribution in [0.4, 0.5) is 0 Å². The molecular formula is C22H22N4O2S. The maximum absolute atomic E-state index is 13.0. The lowest BCUT2D eigenvalue weighted by atomic mass is 10.1. The number of para-hydroxylation sites is 2. The van der Waals surface area contributed by atoms with Crippen molar-refractivity contribution >= 4 is 28.5 Å². The van der Waals surface area contributed by atoms with Crippen molar-refractivity contribution in [2.24, 2.45) is 10.1 Å². The molecule has 0 radical (unpaired) electrons. The van der Waals surface area contributed by atoms with Gasteiger partial charge in [-0.2, -0.15) is 0 Å². The Morgan fingerprint density at radius 3 is 2.86 bits per heavy atom. The molecule has 0 saturated heterocycles. The van der Waals surface area contributed by atoms with Gasteiger partial charge in [-0.3, -0.25) is 15.1 Å². The van der Waals surface area contributed by atoms with E-state index in [-0.39, 0.29) is 5.91 Å². The zero-order valence-electron chi connectivity index (χ0n) is 16.2. The lowest BCUT2D eigenvalue weighted by molar-refractivity contribution is -0.116. The molecule has 148 valence electrons. The summed E-state index contributed by atoms with van der Waals surface area (Å²) in [6, 6.07) is 15.4. The minimum atomic E-state index is -0.488. The predicted octanol–water partition coefficient (Wildman–Crippen LogP) is 2.54. The Kier molecular flexibility index (Phi) is 5.67. The fourth-order valence-electron chi connectivity index (χ4n) is 3.27. The normalized spacial score (nSPS) is 17.5. The van der Waals surface area contributed by atoms with Crippen molar-refractivity contribution in [1.29, 1.82) is 0 Å². The van der Waals surface area contributed by atoms with E-state index in [4.69, 9.17) is 14.8 Å². The summed E-state index contributed by atoms with van der Waals surface area (Å²) in [5.41, 5.74) is 1.37. The zero-order valence-corrected chi connectivity index (χ0v) is 17.0. The van der Waals surface area contributed by atoms with Gasteiger partial charge in [-0.25, -0.2) is 5.01 Å². The van der Waals surface area contributed by atoms with Crippen LogP contribution in [0.5, 0.6) is 5.75 Å². The largest absolute Gasteiger partial charge is 0.493 e. The standard InChI is InChI=1S/C22H22N4O2S/c1-3-13-28-18-12-8-6-10-16(18)20-23-17-11-7-5-9-15(17)19-21(27)24-22(25-26(19)20)29-14-4-2/h4-12,20H,2-3,13-14H2,1H3,(H,24,25,27). The van der Waals surface area contributed by atoms with E-state index in [9.17, 15) is 4.79 Å². The summed E-state index contributed by atoms with van der Waals surface area (Å²) in [4.78, 5) is 17.9. The Morgan fingerprint density at radius 2 is 2.03 bits per heavy atom. The van der Waals surface area contributed by atoms with Crippen LogP contribution in [0.15, 0.2) is 71.3 Å². The molecule has 0 bridgehead atoms. The monoisotopic (exact) mass is 406 g/mol. The number of hydrogen-bond donors (Lipinski definition) is 1. The Morgan fingerprint density at radius 1 is 1.24 bits per heavy atom. The topological polar surface area (TPSA) is 66.3 Å². The van der Waals surface area contributed by atoms with Gasteiger partial charge >= 0.3 is 0 Å². The van der Waals surface area contributed by atoms with E-state index in [1.165, 1.54) is 11.8 Å². The first-order chi connectivity index (χ1) is 14.2. The fourth-order valence-corrected chi connectivity index (χ4v) is 3.86. The van der Waals surface area contributed by atoms with Crippen molar-refractivity contribution in [3.8, 4) is 5.75 Å². The van der Waals surface area contributed by atoms with Crippen LogP contribution in [0.1, 0.15) is 25.1 Å². The van der Waals surface area contributed by atoms with Crippen LogP contribution in [-0.2, 0) is 4.79 Å². The van der Waals surface area contributed by atoms with Gasteiger partial charge in [-0.05, 0) is 18.6 Å². The van der Waals surface area contributed by atoms with Crippen LogP contribution < -0.4 is 20.6 Å². The maximum atomic E-state index is 13.0. The van der Waals surface area contributed by atoms with Gasteiger partial charge in [0.15, 0.2) is 11.3 Å². The smallest absolute Gasteiger partial charge is 0.276 e. The molecule has 0 fully saturated rings. The summed E-state index contributed by atoms with van der Waals surface area (Å²) in [5.74, 6) is 1.21. The Labute approximate surface area is 173 Å². The van der Waals surface area contributed by atoms with Crippen LogP contribution in [0.25, 0.3) is 5.70 Å². The van der Waals surface area contributed by atoms with Gasteiger partial charge in [-0.1, -0.05) is 61.2 Å². The molecule has 6 nitrogen and oxygen atoms in total. The summed E-state index contributed by atoms with van der Waals surface area (Å²) >= 11 is 1.43. The van der Waals surface area contributed by atoms with Crippen molar-refractivity contribution < 1.29 is 9.53 Å². The number of benzene rings is 2. The van der Waals surface area contributed by atoms with Gasteiger partial charge in [0, 0.05) is 16.5 Å². The van der Waals surface area contributed by atoms with Crippen LogP contribution in [-0.4, -0.2) is 28.4 Å². The van der Waals surface area contributed by atoms with Crippen LogP contribution in [0.3, 0.4) is 0 Å². The van der Waals surface area contributed by atoms with Crippen molar-refractivity contribution in [3.05, 3.63) is 77.3 Å². The number of amidine groups is 1. The first-order valence-corrected chi connectivity index (χ1v) is 10.5. The SMILES string of the molecule is C=CCSC1=NN2C(=c3ccccc3=NC2c2ccccc2OCCC)C(=O)N1. The second-order valence-corrected chi connectivity index (χ2v) is 7.57. The summed E-state index contributed by atoms with van der Waals surface area (Å²) in [6.45, 7) is 6.42. The molecule has 1 N–H and O–H groups in total. The fraction of sp³-hybridized carbons (Fsp3) is 0.227. The number of hydrazone groups is 1. The minimum absolute atomic E-state index is 0.189. The highest BCUT2D eigenvalue weighted by molar-refractivity contribution is 8.14. The van der Waals surface area contributed by atoms with Gasteiger partial charge in [-0.15, -0.1) is 11.7 Å². The lowest BCUT2D eigenvalue weighted by Gasteiger charge is -2.34. The number of carbonyl (C=O) groups is 1. The molecule has 0 aromatic heterocycles. The van der Waals surface area contributed by atoms with Gasteiger partial charge in [0.05, 0.1) is 12.0 Å². The molecule has 7 heteroatoms. The molecule has 1 atom stereocenters. The van der Waals surface area contributed by atoms with E-state index >= 15 is 0 Å². The number of ether oxygens (including phenoxy) is 1. The molecule has 2 aromatic carbocycles. The van der Waals surface area contributed by atoms with Crippen molar-refractivity contribution in [2.45, 2.75) is 19.5 Å². The highest BCUT2D eigenvalue weighted by Gasteiger charge is 2.35. The summed E-state index contributed by atoms with van der Waals surface area (Å²) < 4.78 is 5.96. The number of nitrogens with zero attached hydrogens (tertiary/aromatic N) is 3. The Balaban J connectivity index is 1.88. The summed E-state index contributed by atoms with van der Waals surface area (Å²) in [5, 5.41) is 11.4. The molecule has 2 aliphatic heterocycles. The lowest BCUT2D eigenvalue weighted by Crippen LogP contribution is -2.50. The third-order valence-corrected chi connectivity index (χ3v) is 5.37. The van der Waals surface area contributed by atoms with E-state index in [0.29, 0.717) is 23.2 Å². The van der Waals surface area contributed by atoms with Crippen LogP contribution >= 0.6 is 11.8 Å². The highest BCUT2D eigenvalue weighted by Crippen LogP contribution is 2.35. The van der Waals surface area contributed by atoms with E-state index < -0.39 is 6.17 Å². The maximum Gasteiger partial charge on any atom is 0.276 e. The molecule has 0 aliphatic carbocycles. The average molecular weight is 407 g/mol. The first kappa shape index (κ1) is 19.3. The number of amides is 1. The zero-order chi connectivity index (χ0) is 20.2. The third kappa shape index (κ3) is 3.78. The third-order valence-electron chi connectivity index (χ3n) is 4.51. The quantitative estimate of drug-likeness (QED) is 0.749. The minimum Gasteiger partial charge on any atom is -0.493 e. The molecule has 2 heterocycles. The first-order valence-electron chi connectivity index (χ1n) is 9.54. The number of fused-ring (bicyclic) bond motifs is 2. The van der Waals surface area contributed by atoms with Crippen LogP contribution in [0.2, 0.25) is 0 Å². The number of nitrogens with one attached hydrogen (secondary N) is 1. The average Bonchev–Trinajstić information content (AvgIpc) is 2.75. The van der Waals surface area contributed by atoms with Crippen LogP contribution in [0, 0.1) is 0 Å². The van der Waals surface area contributed by atoms with Crippen molar-refractivity contribution in [3.63, 3.8) is 0 Å². The van der Waals surface area contributed by atoms with E-state index in [2.05, 4.69) is 18.8 Å². The number of thioether (sulfide) groups is 1. The number of rotatable bonds is 6. The Hall–Kier alpha value is -3.06. The molecule has 1 amide bonds. The summed E-state index contributed by atoms with van der Waals surface area (Å²) in [7, 11) is 0. The highest BCUT2D eigenvalue weighted by atomic mass is 32.2. The van der Waals surface area contributed by atoms with Gasteiger partial charge < -0.3 is 4.74 Å².